The second-order valence-corrected chi connectivity index (χ2v) is 6.29. The van der Waals surface area contributed by atoms with Gasteiger partial charge in [0, 0.05) is 11.1 Å². The summed E-state index contributed by atoms with van der Waals surface area (Å²) in [6.07, 6.45) is 0. The van der Waals surface area contributed by atoms with E-state index in [0.717, 1.165) is 0 Å². The first-order valence-electron chi connectivity index (χ1n) is 8.96. The van der Waals surface area contributed by atoms with Gasteiger partial charge in [0.2, 0.25) is 5.75 Å². The zero-order valence-corrected chi connectivity index (χ0v) is 16.7. The van der Waals surface area contributed by atoms with Gasteiger partial charge in [-0.15, -0.1) is 0 Å². The van der Waals surface area contributed by atoms with Crippen LogP contribution in [-0.4, -0.2) is 21.3 Å². The van der Waals surface area contributed by atoms with Crippen LogP contribution in [0.15, 0.2) is 59.4 Å². The van der Waals surface area contributed by atoms with Crippen molar-refractivity contribution in [2.24, 2.45) is 0 Å². The van der Waals surface area contributed by atoms with Gasteiger partial charge in [-0.1, -0.05) is 24.3 Å². The van der Waals surface area contributed by atoms with Crippen molar-refractivity contribution in [1.82, 2.24) is 0 Å². The standard InChI is InChI=1S/C24H18N2O4/c1-28-22-19(17-8-4-6-15(10-17)13-25)12-20(18-9-5-7-16(11-18)14-26)23(29-2)24(30-3)21(22)27/h4-12H,1-3H3. The second kappa shape index (κ2) is 8.81. The number of hydrogen-bond acceptors (Lipinski definition) is 6. The number of ether oxygens (including phenoxy) is 3. The van der Waals surface area contributed by atoms with Crippen LogP contribution in [0.2, 0.25) is 0 Å². The Labute approximate surface area is 174 Å². The molecule has 0 spiro atoms. The molecule has 0 bridgehead atoms. The third-order valence-corrected chi connectivity index (χ3v) is 4.61. The second-order valence-electron chi connectivity index (χ2n) is 6.29. The van der Waals surface area contributed by atoms with Crippen molar-refractivity contribution < 1.29 is 14.2 Å². The maximum atomic E-state index is 13.2. The van der Waals surface area contributed by atoms with Crippen LogP contribution in [0.1, 0.15) is 11.1 Å². The first-order chi connectivity index (χ1) is 14.6. The van der Waals surface area contributed by atoms with Gasteiger partial charge in [-0.3, -0.25) is 4.79 Å². The minimum atomic E-state index is -0.489. The molecule has 0 saturated carbocycles. The van der Waals surface area contributed by atoms with Gasteiger partial charge in [0.25, 0.3) is 5.43 Å². The molecule has 0 unspecified atom stereocenters. The van der Waals surface area contributed by atoms with Crippen molar-refractivity contribution in [1.29, 1.82) is 10.5 Å². The molecule has 0 aliphatic rings. The molecule has 0 aromatic heterocycles. The Balaban J connectivity index is 2.51. The van der Waals surface area contributed by atoms with E-state index in [1.54, 1.807) is 48.5 Å². The summed E-state index contributed by atoms with van der Waals surface area (Å²) in [5.74, 6) is 0.260. The highest BCUT2D eigenvalue weighted by Crippen LogP contribution is 2.41. The Hall–Kier alpha value is -4.29. The molecule has 0 aliphatic carbocycles. The summed E-state index contributed by atoms with van der Waals surface area (Å²) in [4.78, 5) is 13.2. The van der Waals surface area contributed by atoms with Gasteiger partial charge >= 0.3 is 0 Å². The van der Waals surface area contributed by atoms with Gasteiger partial charge in [0.05, 0.1) is 44.6 Å². The normalized spacial score (nSPS) is 9.90. The van der Waals surface area contributed by atoms with Crippen molar-refractivity contribution in [2.45, 2.75) is 0 Å². The largest absolute Gasteiger partial charge is 0.492 e. The van der Waals surface area contributed by atoms with E-state index < -0.39 is 5.43 Å². The maximum absolute atomic E-state index is 13.2. The van der Waals surface area contributed by atoms with E-state index >= 15 is 0 Å². The van der Waals surface area contributed by atoms with E-state index in [9.17, 15) is 15.3 Å². The smallest absolute Gasteiger partial charge is 0.266 e. The Bertz CT molecular complexity index is 1250. The minimum Gasteiger partial charge on any atom is -0.492 e. The lowest BCUT2D eigenvalue weighted by Crippen LogP contribution is -2.08. The molecular weight excluding hydrogens is 380 g/mol. The zero-order chi connectivity index (χ0) is 21.7. The fraction of sp³-hybridized carbons (Fsp3) is 0.125. The highest BCUT2D eigenvalue weighted by Gasteiger charge is 2.22. The fourth-order valence-electron chi connectivity index (χ4n) is 3.26. The van der Waals surface area contributed by atoms with E-state index in [0.29, 0.717) is 33.4 Å². The van der Waals surface area contributed by atoms with Gasteiger partial charge in [0.15, 0.2) is 11.5 Å². The van der Waals surface area contributed by atoms with Gasteiger partial charge in [0.1, 0.15) is 0 Å². The van der Waals surface area contributed by atoms with E-state index in [4.69, 9.17) is 14.2 Å². The zero-order valence-electron chi connectivity index (χ0n) is 16.7. The number of hydrogen-bond donors (Lipinski definition) is 0. The van der Waals surface area contributed by atoms with Crippen molar-refractivity contribution in [2.75, 3.05) is 21.3 Å². The fourth-order valence-corrected chi connectivity index (χ4v) is 3.26. The van der Waals surface area contributed by atoms with Crippen molar-refractivity contribution in [3.05, 3.63) is 75.9 Å². The molecule has 0 radical (unpaired) electrons. The molecule has 148 valence electrons. The minimum absolute atomic E-state index is 0.0191. The number of nitrogens with zero attached hydrogens (tertiary/aromatic N) is 2. The Morgan fingerprint density at radius 3 is 1.57 bits per heavy atom. The molecular formula is C24H18N2O4. The lowest BCUT2D eigenvalue weighted by atomic mass is 9.99. The summed E-state index contributed by atoms with van der Waals surface area (Å²) < 4.78 is 16.4. The molecule has 3 rings (SSSR count). The molecule has 0 heterocycles. The van der Waals surface area contributed by atoms with Crippen LogP contribution in [0.3, 0.4) is 0 Å². The summed E-state index contributed by atoms with van der Waals surface area (Å²) in [7, 11) is 4.22. The van der Waals surface area contributed by atoms with Gasteiger partial charge in [-0.05, 0) is 41.5 Å². The topological polar surface area (TPSA) is 92.3 Å². The van der Waals surface area contributed by atoms with E-state index in [-0.39, 0.29) is 17.2 Å². The molecule has 30 heavy (non-hydrogen) atoms. The summed E-state index contributed by atoms with van der Waals surface area (Å²) in [6, 6.07) is 19.8. The first-order valence-corrected chi connectivity index (χ1v) is 8.96. The molecule has 0 amide bonds. The summed E-state index contributed by atoms with van der Waals surface area (Å²) in [5.41, 5.74) is 2.73. The predicted molar refractivity (Wildman–Crippen MR) is 113 cm³/mol. The Kier molecular flexibility index (Phi) is 6.00. The number of nitriles is 2. The van der Waals surface area contributed by atoms with E-state index in [1.807, 2.05) is 6.07 Å². The quantitative estimate of drug-likeness (QED) is 0.641. The molecule has 0 fully saturated rings. The Morgan fingerprint density at radius 2 is 1.13 bits per heavy atom. The van der Waals surface area contributed by atoms with Gasteiger partial charge in [-0.2, -0.15) is 10.5 Å². The lowest BCUT2D eigenvalue weighted by Gasteiger charge is -2.09. The molecule has 0 saturated heterocycles. The maximum Gasteiger partial charge on any atom is 0.266 e. The average Bonchev–Trinajstić information content (AvgIpc) is 2.92. The van der Waals surface area contributed by atoms with Crippen LogP contribution in [0.25, 0.3) is 22.3 Å². The molecule has 0 atom stereocenters. The van der Waals surface area contributed by atoms with Crippen molar-refractivity contribution in [3.63, 3.8) is 0 Å². The van der Waals surface area contributed by atoms with E-state index in [2.05, 4.69) is 12.1 Å². The highest BCUT2D eigenvalue weighted by atomic mass is 16.5. The number of methoxy groups -OCH3 is 3. The molecule has 0 aliphatic heterocycles. The first kappa shape index (κ1) is 20.4. The SMILES string of the molecule is COc1c(-c2cccc(C#N)c2)cc(-c2cccc(C#N)c2)c(OC)c(=O)c1OC. The van der Waals surface area contributed by atoms with Gasteiger partial charge < -0.3 is 14.2 Å². The molecule has 3 aromatic carbocycles. The van der Waals surface area contributed by atoms with Crippen LogP contribution >= 0.6 is 0 Å². The van der Waals surface area contributed by atoms with Crippen LogP contribution in [0.4, 0.5) is 0 Å². The van der Waals surface area contributed by atoms with Gasteiger partial charge in [-0.25, -0.2) is 0 Å². The third kappa shape index (κ3) is 3.67. The molecule has 6 heteroatoms. The van der Waals surface area contributed by atoms with Crippen molar-refractivity contribution in [3.8, 4) is 51.6 Å². The molecule has 6 nitrogen and oxygen atoms in total. The number of benzene rings is 2. The lowest BCUT2D eigenvalue weighted by molar-refractivity contribution is 0.350. The highest BCUT2D eigenvalue weighted by molar-refractivity contribution is 5.82. The summed E-state index contributed by atoms with van der Waals surface area (Å²) in [5, 5.41) is 18.6. The van der Waals surface area contributed by atoms with Crippen LogP contribution in [-0.2, 0) is 0 Å². The monoisotopic (exact) mass is 398 g/mol. The van der Waals surface area contributed by atoms with Crippen LogP contribution < -0.4 is 19.6 Å². The predicted octanol–water partition coefficient (Wildman–Crippen LogP) is 4.15. The summed E-state index contributed by atoms with van der Waals surface area (Å²) >= 11 is 0. The average molecular weight is 398 g/mol. The molecule has 0 N–H and O–H groups in total. The third-order valence-electron chi connectivity index (χ3n) is 4.61. The summed E-state index contributed by atoms with van der Waals surface area (Å²) in [6.45, 7) is 0. The Morgan fingerprint density at radius 1 is 0.667 bits per heavy atom. The number of rotatable bonds is 5. The van der Waals surface area contributed by atoms with Crippen LogP contribution in [0.5, 0.6) is 17.2 Å². The molecule has 3 aromatic rings. The van der Waals surface area contributed by atoms with Crippen LogP contribution in [0, 0.1) is 22.7 Å². The van der Waals surface area contributed by atoms with Crippen molar-refractivity contribution >= 4 is 0 Å². The van der Waals surface area contributed by atoms with E-state index in [1.165, 1.54) is 21.3 Å².